The van der Waals surface area contributed by atoms with Gasteiger partial charge >= 0.3 is 0 Å². The minimum Gasteiger partial charge on any atom is -0.326 e. The van der Waals surface area contributed by atoms with Gasteiger partial charge < -0.3 is 10.6 Å². The van der Waals surface area contributed by atoms with Crippen molar-refractivity contribution in [3.63, 3.8) is 0 Å². The van der Waals surface area contributed by atoms with Gasteiger partial charge in [-0.1, -0.05) is 30.0 Å². The first-order chi connectivity index (χ1) is 11.2. The number of hydrogen-bond donors (Lipinski definition) is 2. The second kappa shape index (κ2) is 7.41. The summed E-state index contributed by atoms with van der Waals surface area (Å²) in [6.07, 6.45) is 4.40. The number of carbonyl (C=O) groups is 2. The molecule has 1 heterocycles. The van der Waals surface area contributed by atoms with Crippen molar-refractivity contribution in [2.45, 2.75) is 37.4 Å². The Morgan fingerprint density at radius 2 is 1.96 bits per heavy atom. The molecule has 0 unspecified atom stereocenters. The van der Waals surface area contributed by atoms with Crippen LogP contribution in [0.15, 0.2) is 40.5 Å². The number of hydrogen-bond acceptors (Lipinski definition) is 5. The van der Waals surface area contributed by atoms with Gasteiger partial charge in [-0.3, -0.25) is 9.59 Å². The number of nitrogens with one attached hydrogen (secondary N) is 2. The summed E-state index contributed by atoms with van der Waals surface area (Å²) in [4.78, 5) is 23.9. The van der Waals surface area contributed by atoms with E-state index in [1.54, 1.807) is 0 Å². The fourth-order valence-electron chi connectivity index (χ4n) is 2.49. The smallest absolute Gasteiger partial charge is 0.240 e. The number of benzene rings is 1. The van der Waals surface area contributed by atoms with Gasteiger partial charge in [0, 0.05) is 17.8 Å². The van der Waals surface area contributed by atoms with Crippen molar-refractivity contribution in [3.05, 3.63) is 30.3 Å². The van der Waals surface area contributed by atoms with Crippen molar-refractivity contribution in [1.29, 1.82) is 0 Å². The fraction of sp³-hybridized carbons (Fsp3) is 0.375. The molecule has 1 saturated heterocycles. The van der Waals surface area contributed by atoms with Gasteiger partial charge in [0.2, 0.25) is 11.8 Å². The highest BCUT2D eigenvalue weighted by Gasteiger charge is 2.32. The molecule has 0 spiro atoms. The molecule has 0 aromatic heterocycles. The maximum absolute atomic E-state index is 12.0. The van der Waals surface area contributed by atoms with Crippen LogP contribution in [0.1, 0.15) is 32.1 Å². The summed E-state index contributed by atoms with van der Waals surface area (Å²) in [5, 5.41) is 13.8. The first kappa shape index (κ1) is 15.7. The zero-order chi connectivity index (χ0) is 16.1. The second-order valence-corrected chi connectivity index (χ2v) is 6.68. The van der Waals surface area contributed by atoms with Crippen molar-refractivity contribution < 1.29 is 9.59 Å². The molecule has 1 aromatic carbocycles. The summed E-state index contributed by atoms with van der Waals surface area (Å²) in [5.41, 5.74) is 1.81. The van der Waals surface area contributed by atoms with Gasteiger partial charge in [0.25, 0.3) is 0 Å². The molecular weight excluding hydrogens is 312 g/mol. The standard InChI is InChI=1S/C16H18N4O2S/c21-14(17-11-6-2-1-3-7-11)10-13-15(22)18-16(23-13)20-19-12-8-4-5-9-12/h1-3,6-7,13H,4-5,8-10H2,(H,17,21)(H,18,20,22)/t13-/m1/s1. The van der Waals surface area contributed by atoms with Crippen molar-refractivity contribution in [2.24, 2.45) is 10.2 Å². The number of nitrogens with zero attached hydrogens (tertiary/aromatic N) is 2. The molecule has 1 aromatic rings. The van der Waals surface area contributed by atoms with Gasteiger partial charge in [-0.2, -0.15) is 5.10 Å². The molecule has 0 bridgehead atoms. The Morgan fingerprint density at radius 1 is 1.22 bits per heavy atom. The normalized spacial score (nSPS) is 22.3. The molecule has 23 heavy (non-hydrogen) atoms. The third-order valence-electron chi connectivity index (χ3n) is 3.67. The molecule has 7 heteroatoms. The molecule has 1 atom stereocenters. The predicted molar refractivity (Wildman–Crippen MR) is 92.5 cm³/mol. The average Bonchev–Trinajstić information content (AvgIpc) is 3.17. The molecular formula is C16H18N4O2S. The van der Waals surface area contributed by atoms with Crippen LogP contribution in [0, 0.1) is 0 Å². The van der Waals surface area contributed by atoms with Crippen LogP contribution in [0.4, 0.5) is 5.69 Å². The summed E-state index contributed by atoms with van der Waals surface area (Å²) >= 11 is 1.26. The van der Waals surface area contributed by atoms with E-state index in [2.05, 4.69) is 20.8 Å². The van der Waals surface area contributed by atoms with E-state index < -0.39 is 5.25 Å². The number of anilines is 1. The van der Waals surface area contributed by atoms with E-state index in [1.807, 2.05) is 30.3 Å². The highest BCUT2D eigenvalue weighted by Crippen LogP contribution is 2.23. The van der Waals surface area contributed by atoms with Crippen LogP contribution in [-0.4, -0.2) is 27.9 Å². The molecule has 0 radical (unpaired) electrons. The molecule has 3 rings (SSSR count). The lowest BCUT2D eigenvalue weighted by Gasteiger charge is -2.06. The van der Waals surface area contributed by atoms with Crippen LogP contribution >= 0.6 is 11.8 Å². The summed E-state index contributed by atoms with van der Waals surface area (Å²) in [6.45, 7) is 0. The number of carbonyl (C=O) groups excluding carboxylic acids is 2. The molecule has 2 aliphatic rings. The Morgan fingerprint density at radius 3 is 2.70 bits per heavy atom. The minimum atomic E-state index is -0.457. The van der Waals surface area contributed by atoms with Gasteiger partial charge in [0.15, 0.2) is 5.17 Å². The van der Waals surface area contributed by atoms with Crippen LogP contribution in [0.5, 0.6) is 0 Å². The Labute approximate surface area is 138 Å². The Balaban J connectivity index is 1.54. The number of thioether (sulfide) groups is 1. The maximum Gasteiger partial charge on any atom is 0.240 e. The van der Waals surface area contributed by atoms with E-state index in [-0.39, 0.29) is 18.2 Å². The molecule has 2 N–H and O–H groups in total. The number of rotatable bonds is 4. The lowest BCUT2D eigenvalue weighted by atomic mass is 10.2. The minimum absolute atomic E-state index is 0.112. The molecule has 6 nitrogen and oxygen atoms in total. The SMILES string of the molecule is O=C(C[C@H]1S/C(=N/N=C2CCCC2)NC1=O)Nc1ccccc1. The van der Waals surface area contributed by atoms with E-state index in [0.717, 1.165) is 37.1 Å². The third kappa shape index (κ3) is 4.41. The Hall–Kier alpha value is -2.15. The van der Waals surface area contributed by atoms with E-state index >= 15 is 0 Å². The lowest BCUT2D eigenvalue weighted by molar-refractivity contribution is -0.122. The summed E-state index contributed by atoms with van der Waals surface area (Å²) in [5.74, 6) is -0.379. The zero-order valence-corrected chi connectivity index (χ0v) is 13.4. The van der Waals surface area contributed by atoms with Gasteiger partial charge in [-0.15, -0.1) is 5.10 Å². The van der Waals surface area contributed by atoms with E-state index in [1.165, 1.54) is 11.8 Å². The lowest BCUT2D eigenvalue weighted by Crippen LogP contribution is -2.28. The van der Waals surface area contributed by atoms with Crippen molar-refractivity contribution in [2.75, 3.05) is 5.32 Å². The molecule has 2 fully saturated rings. The molecule has 2 amide bonds. The number of para-hydroxylation sites is 1. The maximum atomic E-state index is 12.0. The largest absolute Gasteiger partial charge is 0.326 e. The van der Waals surface area contributed by atoms with Crippen LogP contribution in [-0.2, 0) is 9.59 Å². The molecule has 120 valence electrons. The van der Waals surface area contributed by atoms with Crippen molar-refractivity contribution in [3.8, 4) is 0 Å². The van der Waals surface area contributed by atoms with Crippen LogP contribution in [0.2, 0.25) is 0 Å². The van der Waals surface area contributed by atoms with E-state index in [4.69, 9.17) is 0 Å². The average molecular weight is 330 g/mol. The monoisotopic (exact) mass is 330 g/mol. The Kier molecular flexibility index (Phi) is 5.07. The van der Waals surface area contributed by atoms with Gasteiger partial charge in [-0.05, 0) is 37.8 Å². The highest BCUT2D eigenvalue weighted by molar-refractivity contribution is 8.15. The van der Waals surface area contributed by atoms with Crippen LogP contribution in [0.25, 0.3) is 0 Å². The Bertz CT molecular complexity index is 649. The number of amides is 2. The third-order valence-corrected chi connectivity index (χ3v) is 4.74. The summed E-state index contributed by atoms with van der Waals surface area (Å²) in [7, 11) is 0. The predicted octanol–water partition coefficient (Wildman–Crippen LogP) is 2.53. The molecule has 1 aliphatic carbocycles. The number of amidine groups is 1. The van der Waals surface area contributed by atoms with E-state index in [9.17, 15) is 9.59 Å². The van der Waals surface area contributed by atoms with Crippen LogP contribution < -0.4 is 10.6 Å². The van der Waals surface area contributed by atoms with Crippen molar-refractivity contribution >= 4 is 40.1 Å². The first-order valence-corrected chi connectivity index (χ1v) is 8.54. The molecule has 1 aliphatic heterocycles. The van der Waals surface area contributed by atoms with Gasteiger partial charge in [-0.25, -0.2) is 0 Å². The fourth-order valence-corrected chi connectivity index (χ4v) is 3.41. The topological polar surface area (TPSA) is 82.9 Å². The zero-order valence-electron chi connectivity index (χ0n) is 12.6. The van der Waals surface area contributed by atoms with Gasteiger partial charge in [0.1, 0.15) is 5.25 Å². The summed E-state index contributed by atoms with van der Waals surface area (Å²) < 4.78 is 0. The second-order valence-electron chi connectivity index (χ2n) is 5.49. The first-order valence-electron chi connectivity index (χ1n) is 7.66. The van der Waals surface area contributed by atoms with Crippen molar-refractivity contribution in [1.82, 2.24) is 5.32 Å². The quantitative estimate of drug-likeness (QED) is 0.832. The van der Waals surface area contributed by atoms with Gasteiger partial charge in [0.05, 0.1) is 0 Å². The van der Waals surface area contributed by atoms with E-state index in [0.29, 0.717) is 5.17 Å². The summed E-state index contributed by atoms with van der Waals surface area (Å²) in [6, 6.07) is 9.19. The molecule has 1 saturated carbocycles. The van der Waals surface area contributed by atoms with Crippen LogP contribution in [0.3, 0.4) is 0 Å². The highest BCUT2D eigenvalue weighted by atomic mass is 32.2.